The van der Waals surface area contributed by atoms with E-state index in [9.17, 15) is 9.50 Å². The highest BCUT2D eigenvalue weighted by Gasteiger charge is 2.26. The van der Waals surface area contributed by atoms with Crippen molar-refractivity contribution in [2.75, 3.05) is 26.7 Å². The van der Waals surface area contributed by atoms with Crippen LogP contribution in [0, 0.1) is 5.82 Å². The Hall–Kier alpha value is -1.13. The number of benzene rings is 1. The first-order valence-corrected chi connectivity index (χ1v) is 6.91. The van der Waals surface area contributed by atoms with Gasteiger partial charge in [0.1, 0.15) is 11.6 Å². The number of halogens is 1. The summed E-state index contributed by atoms with van der Waals surface area (Å²) >= 11 is 0. The third kappa shape index (κ3) is 3.25. The van der Waals surface area contributed by atoms with E-state index in [0.29, 0.717) is 11.6 Å². The molecule has 1 aromatic carbocycles. The van der Waals surface area contributed by atoms with Gasteiger partial charge in [-0.2, -0.15) is 0 Å². The number of phenols is 1. The van der Waals surface area contributed by atoms with Crippen LogP contribution in [0.25, 0.3) is 0 Å². The smallest absolute Gasteiger partial charge is 0.123 e. The Morgan fingerprint density at radius 3 is 2.84 bits per heavy atom. The first-order chi connectivity index (χ1) is 8.99. The standard InChI is InChI=1S/C15H23FN2O/c1-11-10-17(3)7-4-8-18(11)12(2)14-9-13(16)5-6-15(14)19/h5-6,9,11-12,19H,4,7-8,10H2,1-3H3. The zero-order valence-corrected chi connectivity index (χ0v) is 11.9. The maximum absolute atomic E-state index is 13.4. The molecule has 4 heteroatoms. The highest BCUT2D eigenvalue weighted by atomic mass is 19.1. The van der Waals surface area contributed by atoms with Crippen molar-refractivity contribution in [3.63, 3.8) is 0 Å². The van der Waals surface area contributed by atoms with Gasteiger partial charge in [-0.1, -0.05) is 0 Å². The molecule has 1 aliphatic rings. The van der Waals surface area contributed by atoms with Gasteiger partial charge in [-0.3, -0.25) is 4.90 Å². The molecule has 106 valence electrons. The summed E-state index contributed by atoms with van der Waals surface area (Å²) in [5.41, 5.74) is 0.677. The third-order valence-corrected chi connectivity index (χ3v) is 4.04. The molecule has 0 saturated carbocycles. The molecule has 2 atom stereocenters. The van der Waals surface area contributed by atoms with Gasteiger partial charge < -0.3 is 10.0 Å². The monoisotopic (exact) mass is 266 g/mol. The summed E-state index contributed by atoms with van der Waals surface area (Å²) in [5.74, 6) is -0.113. The fourth-order valence-electron chi connectivity index (χ4n) is 3.00. The first-order valence-electron chi connectivity index (χ1n) is 6.91. The average molecular weight is 266 g/mol. The Morgan fingerprint density at radius 2 is 2.11 bits per heavy atom. The summed E-state index contributed by atoms with van der Waals surface area (Å²) in [5, 5.41) is 9.94. The minimum atomic E-state index is -0.292. The molecule has 0 radical (unpaired) electrons. The lowest BCUT2D eigenvalue weighted by Gasteiger charge is -2.34. The summed E-state index contributed by atoms with van der Waals surface area (Å²) in [4.78, 5) is 4.67. The van der Waals surface area contributed by atoms with Gasteiger partial charge in [-0.05, 0) is 52.1 Å². The summed E-state index contributed by atoms with van der Waals surface area (Å²) in [6.07, 6.45) is 1.10. The fraction of sp³-hybridized carbons (Fsp3) is 0.600. The van der Waals surface area contributed by atoms with Crippen LogP contribution in [0.1, 0.15) is 31.9 Å². The van der Waals surface area contributed by atoms with Crippen molar-refractivity contribution in [2.45, 2.75) is 32.4 Å². The van der Waals surface area contributed by atoms with E-state index in [4.69, 9.17) is 0 Å². The molecule has 0 amide bonds. The molecule has 3 nitrogen and oxygen atoms in total. The second-order valence-corrected chi connectivity index (χ2v) is 5.58. The molecule has 0 aliphatic carbocycles. The highest BCUT2D eigenvalue weighted by Crippen LogP contribution is 2.31. The second-order valence-electron chi connectivity index (χ2n) is 5.58. The van der Waals surface area contributed by atoms with Crippen molar-refractivity contribution < 1.29 is 9.50 Å². The normalized spacial score (nSPS) is 24.1. The molecule has 1 fully saturated rings. The number of nitrogens with zero attached hydrogens (tertiary/aromatic N) is 2. The predicted molar refractivity (Wildman–Crippen MR) is 74.8 cm³/mol. The number of hydrogen-bond donors (Lipinski definition) is 1. The molecule has 1 aliphatic heterocycles. The summed E-state index contributed by atoms with van der Waals surface area (Å²) < 4.78 is 13.4. The lowest BCUT2D eigenvalue weighted by molar-refractivity contribution is 0.150. The first kappa shape index (κ1) is 14.3. The Bertz CT molecular complexity index is 438. The van der Waals surface area contributed by atoms with Crippen molar-refractivity contribution in [3.05, 3.63) is 29.6 Å². The van der Waals surface area contributed by atoms with Crippen LogP contribution in [0.5, 0.6) is 5.75 Å². The predicted octanol–water partition coefficient (Wildman–Crippen LogP) is 2.62. The van der Waals surface area contributed by atoms with E-state index in [2.05, 4.69) is 23.8 Å². The van der Waals surface area contributed by atoms with Gasteiger partial charge in [0.2, 0.25) is 0 Å². The highest BCUT2D eigenvalue weighted by molar-refractivity contribution is 5.35. The minimum absolute atomic E-state index is 0.0252. The summed E-state index contributed by atoms with van der Waals surface area (Å²) in [6.45, 7) is 7.29. The van der Waals surface area contributed by atoms with Crippen LogP contribution in [0.15, 0.2) is 18.2 Å². The Morgan fingerprint density at radius 1 is 1.37 bits per heavy atom. The van der Waals surface area contributed by atoms with Gasteiger partial charge in [0, 0.05) is 30.7 Å². The Labute approximate surface area is 114 Å². The molecule has 0 spiro atoms. The van der Waals surface area contributed by atoms with Gasteiger partial charge in [-0.25, -0.2) is 4.39 Å². The molecule has 2 rings (SSSR count). The third-order valence-electron chi connectivity index (χ3n) is 4.04. The van der Waals surface area contributed by atoms with E-state index in [1.807, 2.05) is 6.92 Å². The second kappa shape index (κ2) is 5.88. The summed E-state index contributed by atoms with van der Waals surface area (Å²) in [7, 11) is 2.13. The van der Waals surface area contributed by atoms with Gasteiger partial charge in [0.25, 0.3) is 0 Å². The van der Waals surface area contributed by atoms with E-state index in [-0.39, 0.29) is 17.6 Å². The molecule has 2 unspecified atom stereocenters. The van der Waals surface area contributed by atoms with Crippen LogP contribution >= 0.6 is 0 Å². The minimum Gasteiger partial charge on any atom is -0.508 e. The lowest BCUT2D eigenvalue weighted by Crippen LogP contribution is -2.39. The van der Waals surface area contributed by atoms with Crippen molar-refractivity contribution in [1.29, 1.82) is 0 Å². The van der Waals surface area contributed by atoms with E-state index in [1.165, 1.54) is 18.2 Å². The van der Waals surface area contributed by atoms with E-state index >= 15 is 0 Å². The quantitative estimate of drug-likeness (QED) is 0.891. The van der Waals surface area contributed by atoms with E-state index in [1.54, 1.807) is 0 Å². The number of rotatable bonds is 2. The molecule has 1 N–H and O–H groups in total. The zero-order chi connectivity index (χ0) is 14.0. The molecule has 1 aromatic rings. The molecular weight excluding hydrogens is 243 g/mol. The molecule has 0 bridgehead atoms. The molecule has 0 aromatic heterocycles. The molecular formula is C15H23FN2O. The largest absolute Gasteiger partial charge is 0.508 e. The number of aromatic hydroxyl groups is 1. The van der Waals surface area contributed by atoms with Gasteiger partial charge in [0.15, 0.2) is 0 Å². The summed E-state index contributed by atoms with van der Waals surface area (Å²) in [6, 6.07) is 4.60. The number of likely N-dealkylation sites (N-methyl/N-ethyl adjacent to an activating group) is 1. The Balaban J connectivity index is 2.22. The average Bonchev–Trinajstić information content (AvgIpc) is 2.52. The van der Waals surface area contributed by atoms with Crippen LogP contribution < -0.4 is 0 Å². The van der Waals surface area contributed by atoms with Crippen LogP contribution in [0.4, 0.5) is 4.39 Å². The van der Waals surface area contributed by atoms with Gasteiger partial charge in [-0.15, -0.1) is 0 Å². The van der Waals surface area contributed by atoms with Crippen LogP contribution in [0.2, 0.25) is 0 Å². The van der Waals surface area contributed by atoms with Crippen molar-refractivity contribution in [3.8, 4) is 5.75 Å². The fourth-order valence-corrected chi connectivity index (χ4v) is 3.00. The number of hydrogen-bond acceptors (Lipinski definition) is 3. The van der Waals surface area contributed by atoms with E-state index in [0.717, 1.165) is 26.1 Å². The van der Waals surface area contributed by atoms with Gasteiger partial charge >= 0.3 is 0 Å². The maximum Gasteiger partial charge on any atom is 0.123 e. The van der Waals surface area contributed by atoms with Crippen LogP contribution in [-0.4, -0.2) is 47.6 Å². The van der Waals surface area contributed by atoms with Crippen molar-refractivity contribution >= 4 is 0 Å². The number of phenolic OH excluding ortho intramolecular Hbond substituents is 1. The van der Waals surface area contributed by atoms with Crippen LogP contribution in [0.3, 0.4) is 0 Å². The SMILES string of the molecule is CC1CN(C)CCCN1C(C)c1cc(F)ccc1O. The molecule has 19 heavy (non-hydrogen) atoms. The van der Waals surface area contributed by atoms with Crippen molar-refractivity contribution in [2.24, 2.45) is 0 Å². The van der Waals surface area contributed by atoms with E-state index < -0.39 is 0 Å². The lowest BCUT2D eigenvalue weighted by atomic mass is 10.0. The van der Waals surface area contributed by atoms with Crippen molar-refractivity contribution in [1.82, 2.24) is 9.80 Å². The topological polar surface area (TPSA) is 26.7 Å². The van der Waals surface area contributed by atoms with Crippen LogP contribution in [-0.2, 0) is 0 Å². The molecule has 1 saturated heterocycles. The zero-order valence-electron chi connectivity index (χ0n) is 11.9. The van der Waals surface area contributed by atoms with Gasteiger partial charge in [0.05, 0.1) is 0 Å². The molecule has 1 heterocycles. The maximum atomic E-state index is 13.4. The Kier molecular flexibility index (Phi) is 4.42.